The molecule has 1 saturated heterocycles. The van der Waals surface area contributed by atoms with Gasteiger partial charge in [0.2, 0.25) is 5.95 Å². The van der Waals surface area contributed by atoms with Gasteiger partial charge in [-0.15, -0.1) is 0 Å². The maximum absolute atomic E-state index is 4.86. The van der Waals surface area contributed by atoms with E-state index in [0.29, 0.717) is 0 Å². The van der Waals surface area contributed by atoms with E-state index in [9.17, 15) is 0 Å². The van der Waals surface area contributed by atoms with Gasteiger partial charge in [-0.25, -0.2) is 0 Å². The van der Waals surface area contributed by atoms with Crippen LogP contribution in [-0.2, 0) is 6.54 Å². The Balaban J connectivity index is 1.51. The number of aromatic amines is 1. The van der Waals surface area contributed by atoms with Crippen LogP contribution in [0.2, 0.25) is 0 Å². The summed E-state index contributed by atoms with van der Waals surface area (Å²) in [5.74, 6) is 1.80. The molecular formula is C21H28N6. The molecule has 1 aromatic carbocycles. The molecule has 0 bridgehead atoms. The number of anilines is 2. The molecule has 0 amide bonds. The Labute approximate surface area is 160 Å². The Morgan fingerprint density at radius 2 is 1.70 bits per heavy atom. The fourth-order valence-electron chi connectivity index (χ4n) is 3.62. The van der Waals surface area contributed by atoms with E-state index >= 15 is 0 Å². The predicted octanol–water partition coefficient (Wildman–Crippen LogP) is 2.96. The van der Waals surface area contributed by atoms with Crippen molar-refractivity contribution in [2.75, 3.05) is 50.1 Å². The Kier molecular flexibility index (Phi) is 4.74. The molecule has 142 valence electrons. The normalized spacial score (nSPS) is 15.5. The van der Waals surface area contributed by atoms with Crippen LogP contribution in [0.25, 0.3) is 11.0 Å². The molecule has 1 N–H and O–H groups in total. The van der Waals surface area contributed by atoms with Gasteiger partial charge in [0.15, 0.2) is 0 Å². The standard InChI is InChI=1S/C21H28N6/c1-15-5-7-17(8-6-15)14-26-9-11-27(12-10-26)20-18-13-16(2)22-19(18)23-21(24-20)25(3)4/h5-8,13H,9-12,14H2,1-4H3,(H,22,23,24). The van der Waals surface area contributed by atoms with Crippen LogP contribution in [0.15, 0.2) is 30.3 Å². The van der Waals surface area contributed by atoms with Gasteiger partial charge in [-0.1, -0.05) is 29.8 Å². The second-order valence-corrected chi connectivity index (χ2v) is 7.71. The summed E-state index contributed by atoms with van der Waals surface area (Å²) in [5.41, 5.74) is 4.74. The third kappa shape index (κ3) is 3.76. The smallest absolute Gasteiger partial charge is 0.228 e. The first-order valence-electron chi connectivity index (χ1n) is 9.57. The molecule has 3 heterocycles. The highest BCUT2D eigenvalue weighted by Crippen LogP contribution is 2.28. The largest absolute Gasteiger partial charge is 0.353 e. The molecule has 27 heavy (non-hydrogen) atoms. The van der Waals surface area contributed by atoms with E-state index in [1.54, 1.807) is 0 Å². The topological polar surface area (TPSA) is 51.3 Å². The minimum Gasteiger partial charge on any atom is -0.353 e. The van der Waals surface area contributed by atoms with Crippen molar-refractivity contribution in [2.45, 2.75) is 20.4 Å². The first-order valence-corrected chi connectivity index (χ1v) is 9.57. The van der Waals surface area contributed by atoms with E-state index in [4.69, 9.17) is 4.98 Å². The molecule has 0 atom stereocenters. The highest BCUT2D eigenvalue weighted by Gasteiger charge is 2.22. The molecule has 2 aromatic heterocycles. The van der Waals surface area contributed by atoms with Gasteiger partial charge in [-0.3, -0.25) is 4.90 Å². The number of fused-ring (bicyclic) bond motifs is 1. The molecule has 6 heteroatoms. The number of nitrogens with one attached hydrogen (secondary N) is 1. The van der Waals surface area contributed by atoms with E-state index in [2.05, 4.69) is 63.9 Å². The Hall–Kier alpha value is -2.60. The fourth-order valence-corrected chi connectivity index (χ4v) is 3.62. The maximum atomic E-state index is 4.86. The van der Waals surface area contributed by atoms with E-state index in [-0.39, 0.29) is 0 Å². The van der Waals surface area contributed by atoms with E-state index in [1.165, 1.54) is 11.1 Å². The van der Waals surface area contributed by atoms with E-state index in [0.717, 1.165) is 61.2 Å². The van der Waals surface area contributed by atoms with Gasteiger partial charge in [-0.05, 0) is 25.5 Å². The summed E-state index contributed by atoms with van der Waals surface area (Å²) in [4.78, 5) is 19.8. The summed E-state index contributed by atoms with van der Waals surface area (Å²) in [6, 6.07) is 11.0. The summed E-state index contributed by atoms with van der Waals surface area (Å²) < 4.78 is 0. The number of benzene rings is 1. The second-order valence-electron chi connectivity index (χ2n) is 7.71. The van der Waals surface area contributed by atoms with Crippen LogP contribution in [0.4, 0.5) is 11.8 Å². The third-order valence-corrected chi connectivity index (χ3v) is 5.19. The predicted molar refractivity (Wildman–Crippen MR) is 112 cm³/mol. The Morgan fingerprint density at radius 1 is 1.00 bits per heavy atom. The lowest BCUT2D eigenvalue weighted by molar-refractivity contribution is 0.249. The second kappa shape index (κ2) is 7.19. The van der Waals surface area contributed by atoms with Crippen molar-refractivity contribution in [1.82, 2.24) is 19.9 Å². The summed E-state index contributed by atoms with van der Waals surface area (Å²) in [6.07, 6.45) is 0. The quantitative estimate of drug-likeness (QED) is 0.771. The van der Waals surface area contributed by atoms with Crippen molar-refractivity contribution < 1.29 is 0 Å². The molecule has 3 aromatic rings. The first kappa shape index (κ1) is 17.8. The molecular weight excluding hydrogens is 336 g/mol. The lowest BCUT2D eigenvalue weighted by Crippen LogP contribution is -2.46. The SMILES string of the molecule is Cc1ccc(CN2CCN(c3nc(N(C)C)nc4[nH]c(C)cc34)CC2)cc1. The molecule has 0 aliphatic carbocycles. The van der Waals surface area contributed by atoms with Gasteiger partial charge in [0.05, 0.1) is 5.39 Å². The summed E-state index contributed by atoms with van der Waals surface area (Å²) in [7, 11) is 3.97. The van der Waals surface area contributed by atoms with Crippen LogP contribution in [-0.4, -0.2) is 60.1 Å². The molecule has 6 nitrogen and oxygen atoms in total. The van der Waals surface area contributed by atoms with Gasteiger partial charge >= 0.3 is 0 Å². The van der Waals surface area contributed by atoms with Crippen molar-refractivity contribution in [2.24, 2.45) is 0 Å². The number of hydrogen-bond donors (Lipinski definition) is 1. The van der Waals surface area contributed by atoms with Crippen LogP contribution >= 0.6 is 0 Å². The van der Waals surface area contributed by atoms with Crippen LogP contribution in [0.1, 0.15) is 16.8 Å². The third-order valence-electron chi connectivity index (χ3n) is 5.19. The number of rotatable bonds is 4. The summed E-state index contributed by atoms with van der Waals surface area (Å²) in [5, 5.41) is 1.12. The van der Waals surface area contributed by atoms with Crippen LogP contribution in [0.3, 0.4) is 0 Å². The van der Waals surface area contributed by atoms with Crippen molar-refractivity contribution in [1.29, 1.82) is 0 Å². The number of nitrogens with zero attached hydrogens (tertiary/aromatic N) is 5. The number of hydrogen-bond acceptors (Lipinski definition) is 5. The molecule has 0 unspecified atom stereocenters. The van der Waals surface area contributed by atoms with E-state index in [1.807, 2.05) is 19.0 Å². The van der Waals surface area contributed by atoms with Crippen LogP contribution in [0, 0.1) is 13.8 Å². The molecule has 1 aliphatic rings. The van der Waals surface area contributed by atoms with Gasteiger partial charge < -0.3 is 14.8 Å². The maximum Gasteiger partial charge on any atom is 0.228 e. The van der Waals surface area contributed by atoms with Crippen LogP contribution < -0.4 is 9.80 Å². The zero-order valence-corrected chi connectivity index (χ0v) is 16.7. The molecule has 4 rings (SSSR count). The van der Waals surface area contributed by atoms with Crippen molar-refractivity contribution in [3.8, 4) is 0 Å². The first-order chi connectivity index (χ1) is 13.0. The zero-order valence-electron chi connectivity index (χ0n) is 16.7. The van der Waals surface area contributed by atoms with E-state index < -0.39 is 0 Å². The van der Waals surface area contributed by atoms with Crippen LogP contribution in [0.5, 0.6) is 0 Å². The zero-order chi connectivity index (χ0) is 19.0. The Morgan fingerprint density at radius 3 is 2.37 bits per heavy atom. The number of aryl methyl sites for hydroxylation is 2. The summed E-state index contributed by atoms with van der Waals surface area (Å²) in [6.45, 7) is 9.26. The molecule has 0 saturated carbocycles. The lowest BCUT2D eigenvalue weighted by Gasteiger charge is -2.36. The highest BCUT2D eigenvalue weighted by molar-refractivity contribution is 5.89. The molecule has 0 spiro atoms. The minimum absolute atomic E-state index is 0.751. The van der Waals surface area contributed by atoms with Crippen molar-refractivity contribution >= 4 is 22.8 Å². The number of aromatic nitrogens is 3. The fraction of sp³-hybridized carbons (Fsp3) is 0.429. The molecule has 0 radical (unpaired) electrons. The van der Waals surface area contributed by atoms with Gasteiger partial charge in [-0.2, -0.15) is 9.97 Å². The number of piperazine rings is 1. The minimum atomic E-state index is 0.751. The van der Waals surface area contributed by atoms with Gasteiger partial charge in [0.1, 0.15) is 11.5 Å². The Bertz CT molecular complexity index is 920. The van der Waals surface area contributed by atoms with Crippen molar-refractivity contribution in [3.63, 3.8) is 0 Å². The lowest BCUT2D eigenvalue weighted by atomic mass is 10.1. The average molecular weight is 364 g/mol. The van der Waals surface area contributed by atoms with Crippen molar-refractivity contribution in [3.05, 3.63) is 47.2 Å². The van der Waals surface area contributed by atoms with Gasteiger partial charge in [0, 0.05) is 52.5 Å². The number of H-pyrrole nitrogens is 1. The summed E-state index contributed by atoms with van der Waals surface area (Å²) >= 11 is 0. The average Bonchev–Trinajstić information content (AvgIpc) is 3.03. The molecule has 1 aliphatic heterocycles. The monoisotopic (exact) mass is 364 g/mol. The highest BCUT2D eigenvalue weighted by atomic mass is 15.3. The molecule has 1 fully saturated rings. The van der Waals surface area contributed by atoms with Gasteiger partial charge in [0.25, 0.3) is 0 Å².